The second-order valence-corrected chi connectivity index (χ2v) is 7.66. The Labute approximate surface area is 141 Å². The average Bonchev–Trinajstić information content (AvgIpc) is 2.86. The third kappa shape index (κ3) is 5.61. The third-order valence-electron chi connectivity index (χ3n) is 3.58. The van der Waals surface area contributed by atoms with Crippen molar-refractivity contribution < 1.29 is 9.53 Å². The summed E-state index contributed by atoms with van der Waals surface area (Å²) in [6.45, 7) is 8.11. The maximum Gasteiger partial charge on any atom is 0.410 e. The Hall–Kier alpha value is -1.07. The van der Waals surface area contributed by atoms with Crippen LogP contribution in [-0.4, -0.2) is 42.3 Å². The van der Waals surface area contributed by atoms with Gasteiger partial charge in [-0.25, -0.2) is 4.79 Å². The molecule has 1 heterocycles. The van der Waals surface area contributed by atoms with Crippen molar-refractivity contribution in [1.29, 1.82) is 0 Å². The van der Waals surface area contributed by atoms with E-state index in [1.165, 1.54) is 5.56 Å². The lowest BCUT2D eigenvalue weighted by atomic mass is 10.1. The molecular weight excluding hydrogens is 344 g/mol. The van der Waals surface area contributed by atoms with Crippen LogP contribution in [0.15, 0.2) is 28.7 Å². The van der Waals surface area contributed by atoms with Crippen LogP contribution in [0.3, 0.4) is 0 Å². The average molecular weight is 369 g/mol. The number of carbonyl (C=O) groups is 1. The molecule has 1 atom stereocenters. The summed E-state index contributed by atoms with van der Waals surface area (Å²) in [5.41, 5.74) is 0.882. The number of benzene rings is 1. The molecule has 1 N–H and O–H groups in total. The minimum atomic E-state index is -0.427. The van der Waals surface area contributed by atoms with Crippen molar-refractivity contribution in [3.8, 4) is 0 Å². The first-order valence-corrected chi connectivity index (χ1v) is 8.58. The fraction of sp³-hybridized carbons (Fsp3) is 0.588. The number of rotatable bonds is 4. The summed E-state index contributed by atoms with van der Waals surface area (Å²) in [6, 6.07) is 8.73. The second-order valence-electron chi connectivity index (χ2n) is 6.75. The number of hydrogen-bond acceptors (Lipinski definition) is 3. The zero-order valence-electron chi connectivity index (χ0n) is 13.6. The highest BCUT2D eigenvalue weighted by Crippen LogP contribution is 2.16. The lowest BCUT2D eigenvalue weighted by Crippen LogP contribution is -2.38. The fourth-order valence-electron chi connectivity index (χ4n) is 2.53. The Bertz CT molecular complexity index is 514. The number of carbonyl (C=O) groups excluding carboxylic acids is 1. The van der Waals surface area contributed by atoms with Gasteiger partial charge in [0.25, 0.3) is 0 Å². The predicted molar refractivity (Wildman–Crippen MR) is 92.1 cm³/mol. The molecule has 0 aliphatic carbocycles. The molecule has 1 amide bonds. The smallest absolute Gasteiger partial charge is 0.410 e. The largest absolute Gasteiger partial charge is 0.444 e. The first-order valence-electron chi connectivity index (χ1n) is 7.79. The molecule has 22 heavy (non-hydrogen) atoms. The van der Waals surface area contributed by atoms with Gasteiger partial charge in [0.05, 0.1) is 0 Å². The minimum absolute atomic E-state index is 0.205. The van der Waals surface area contributed by atoms with E-state index in [0.29, 0.717) is 6.04 Å². The number of amides is 1. The van der Waals surface area contributed by atoms with Gasteiger partial charge in [0.2, 0.25) is 0 Å². The van der Waals surface area contributed by atoms with Gasteiger partial charge in [-0.2, -0.15) is 0 Å². The molecule has 0 saturated carbocycles. The number of likely N-dealkylation sites (tertiary alicyclic amines) is 1. The summed E-state index contributed by atoms with van der Waals surface area (Å²) in [6.07, 6.45) is 1.77. The monoisotopic (exact) mass is 368 g/mol. The van der Waals surface area contributed by atoms with Gasteiger partial charge >= 0.3 is 6.09 Å². The molecule has 0 aromatic heterocycles. The standard InChI is InChI=1S/C17H25BrN2O2/c1-17(2,3)22-16(21)20-10-8-15(12-20)19-9-7-13-5-4-6-14(18)11-13/h4-6,11,15,19H,7-10,12H2,1-3H3/t15-/m0/s1. The highest BCUT2D eigenvalue weighted by molar-refractivity contribution is 9.10. The minimum Gasteiger partial charge on any atom is -0.444 e. The van der Waals surface area contributed by atoms with Crippen LogP contribution >= 0.6 is 15.9 Å². The molecule has 1 aromatic carbocycles. The summed E-state index contributed by atoms with van der Waals surface area (Å²) in [7, 11) is 0. The van der Waals surface area contributed by atoms with Crippen molar-refractivity contribution in [2.45, 2.75) is 45.3 Å². The maximum atomic E-state index is 12.0. The fourth-order valence-corrected chi connectivity index (χ4v) is 2.98. The number of halogens is 1. The zero-order chi connectivity index (χ0) is 16.2. The predicted octanol–water partition coefficient (Wildman–Crippen LogP) is 3.59. The maximum absolute atomic E-state index is 12.0. The van der Waals surface area contributed by atoms with E-state index in [1.54, 1.807) is 4.90 Å². The number of hydrogen-bond donors (Lipinski definition) is 1. The van der Waals surface area contributed by atoms with Crippen molar-refractivity contribution in [1.82, 2.24) is 10.2 Å². The number of nitrogens with zero attached hydrogens (tertiary/aromatic N) is 1. The van der Waals surface area contributed by atoms with Gasteiger partial charge in [-0.15, -0.1) is 0 Å². The number of ether oxygens (including phenoxy) is 1. The van der Waals surface area contributed by atoms with Gasteiger partial charge in [0.15, 0.2) is 0 Å². The quantitative estimate of drug-likeness (QED) is 0.882. The van der Waals surface area contributed by atoms with Crippen LogP contribution in [0.1, 0.15) is 32.8 Å². The first kappa shape index (κ1) is 17.3. The Balaban J connectivity index is 1.71. The molecule has 1 aliphatic heterocycles. The van der Waals surface area contributed by atoms with E-state index in [1.807, 2.05) is 26.8 Å². The molecule has 0 unspecified atom stereocenters. The molecule has 0 spiro atoms. The molecule has 4 nitrogen and oxygen atoms in total. The molecule has 1 saturated heterocycles. The van der Waals surface area contributed by atoms with Crippen molar-refractivity contribution >= 4 is 22.0 Å². The third-order valence-corrected chi connectivity index (χ3v) is 4.07. The van der Waals surface area contributed by atoms with Crippen LogP contribution in [-0.2, 0) is 11.2 Å². The van der Waals surface area contributed by atoms with Gasteiger partial charge < -0.3 is 15.0 Å². The van der Waals surface area contributed by atoms with Crippen LogP contribution in [0.5, 0.6) is 0 Å². The number of nitrogens with one attached hydrogen (secondary N) is 1. The van der Waals surface area contributed by atoms with Crippen LogP contribution < -0.4 is 5.32 Å². The van der Waals surface area contributed by atoms with Crippen LogP contribution in [0.4, 0.5) is 4.79 Å². The highest BCUT2D eigenvalue weighted by atomic mass is 79.9. The highest BCUT2D eigenvalue weighted by Gasteiger charge is 2.29. The summed E-state index contributed by atoms with van der Waals surface area (Å²) in [5, 5.41) is 3.53. The summed E-state index contributed by atoms with van der Waals surface area (Å²) in [5.74, 6) is 0. The van der Waals surface area contributed by atoms with Crippen molar-refractivity contribution in [2.24, 2.45) is 0 Å². The molecule has 5 heteroatoms. The first-order chi connectivity index (χ1) is 10.3. The van der Waals surface area contributed by atoms with Crippen LogP contribution in [0.2, 0.25) is 0 Å². The summed E-state index contributed by atoms with van der Waals surface area (Å²) in [4.78, 5) is 13.8. The van der Waals surface area contributed by atoms with E-state index in [0.717, 1.165) is 36.9 Å². The Morgan fingerprint density at radius 3 is 2.91 bits per heavy atom. The van der Waals surface area contributed by atoms with Gasteiger partial charge in [0, 0.05) is 23.6 Å². The van der Waals surface area contributed by atoms with Crippen molar-refractivity contribution in [3.05, 3.63) is 34.3 Å². The zero-order valence-corrected chi connectivity index (χ0v) is 15.1. The SMILES string of the molecule is CC(C)(C)OC(=O)N1CC[C@H](NCCc2cccc(Br)c2)C1. The molecule has 122 valence electrons. The normalized spacial score (nSPS) is 18.5. The van der Waals surface area contributed by atoms with E-state index in [4.69, 9.17) is 4.74 Å². The van der Waals surface area contributed by atoms with Crippen LogP contribution in [0, 0.1) is 0 Å². The van der Waals surface area contributed by atoms with Gasteiger partial charge in [-0.05, 0) is 57.9 Å². The Morgan fingerprint density at radius 2 is 2.23 bits per heavy atom. The Morgan fingerprint density at radius 1 is 1.45 bits per heavy atom. The van der Waals surface area contributed by atoms with Crippen molar-refractivity contribution in [3.63, 3.8) is 0 Å². The van der Waals surface area contributed by atoms with Crippen molar-refractivity contribution in [2.75, 3.05) is 19.6 Å². The van der Waals surface area contributed by atoms with Gasteiger partial charge in [-0.1, -0.05) is 28.1 Å². The van der Waals surface area contributed by atoms with E-state index in [9.17, 15) is 4.79 Å². The molecule has 1 aliphatic rings. The van der Waals surface area contributed by atoms with Crippen LogP contribution in [0.25, 0.3) is 0 Å². The Kier molecular flexibility index (Phi) is 5.87. The second kappa shape index (κ2) is 7.47. The van der Waals surface area contributed by atoms with Gasteiger partial charge in [0.1, 0.15) is 5.60 Å². The van der Waals surface area contributed by atoms with E-state index in [-0.39, 0.29) is 6.09 Å². The molecule has 0 radical (unpaired) electrons. The van der Waals surface area contributed by atoms with E-state index in [2.05, 4.69) is 39.4 Å². The van der Waals surface area contributed by atoms with E-state index < -0.39 is 5.60 Å². The van der Waals surface area contributed by atoms with Gasteiger partial charge in [-0.3, -0.25) is 0 Å². The molecular formula is C17H25BrN2O2. The van der Waals surface area contributed by atoms with E-state index >= 15 is 0 Å². The molecule has 1 fully saturated rings. The topological polar surface area (TPSA) is 41.6 Å². The summed E-state index contributed by atoms with van der Waals surface area (Å²) < 4.78 is 6.52. The molecule has 0 bridgehead atoms. The summed E-state index contributed by atoms with van der Waals surface area (Å²) >= 11 is 3.49. The molecule has 2 rings (SSSR count). The lowest BCUT2D eigenvalue weighted by Gasteiger charge is -2.24. The molecule has 1 aromatic rings. The lowest BCUT2D eigenvalue weighted by molar-refractivity contribution is 0.0291.